The molecule has 0 aliphatic carbocycles. The number of morpholine rings is 1. The van der Waals surface area contributed by atoms with Gasteiger partial charge in [-0.15, -0.1) is 0 Å². The molecular formula is C16H23N3O5S. The van der Waals surface area contributed by atoms with Crippen molar-refractivity contribution in [2.75, 3.05) is 37.7 Å². The minimum absolute atomic E-state index is 0.00819. The Labute approximate surface area is 147 Å². The van der Waals surface area contributed by atoms with Crippen LogP contribution >= 0.6 is 0 Å². The molecule has 9 heteroatoms. The number of anilines is 1. The Balaban J connectivity index is 1.95. The fourth-order valence-corrected chi connectivity index (χ4v) is 4.91. The number of nitro benzene ring substituents is 1. The number of sulfonamides is 1. The van der Waals surface area contributed by atoms with Gasteiger partial charge in [0.2, 0.25) is 10.0 Å². The van der Waals surface area contributed by atoms with Crippen molar-refractivity contribution in [3.63, 3.8) is 0 Å². The molecule has 2 aliphatic rings. The molecule has 0 bridgehead atoms. The van der Waals surface area contributed by atoms with E-state index in [1.807, 2.05) is 11.8 Å². The van der Waals surface area contributed by atoms with Crippen molar-refractivity contribution in [2.45, 2.75) is 37.2 Å². The molecule has 2 heterocycles. The minimum Gasteiger partial charge on any atom is -0.375 e. The van der Waals surface area contributed by atoms with Crippen LogP contribution in [0.2, 0.25) is 0 Å². The van der Waals surface area contributed by atoms with Crippen molar-refractivity contribution in [3.8, 4) is 0 Å². The van der Waals surface area contributed by atoms with Crippen molar-refractivity contribution >= 4 is 21.4 Å². The van der Waals surface area contributed by atoms with Gasteiger partial charge < -0.3 is 9.64 Å². The lowest BCUT2D eigenvalue weighted by molar-refractivity contribution is -0.384. The number of ether oxygens (including phenoxy) is 1. The first-order chi connectivity index (χ1) is 11.9. The quantitative estimate of drug-likeness (QED) is 0.595. The average molecular weight is 369 g/mol. The summed E-state index contributed by atoms with van der Waals surface area (Å²) in [5.41, 5.74) is 0.268. The summed E-state index contributed by atoms with van der Waals surface area (Å²) in [5.74, 6) is 0. The van der Waals surface area contributed by atoms with Crippen LogP contribution in [0.1, 0.15) is 26.2 Å². The maximum absolute atomic E-state index is 12.8. The molecule has 8 nitrogen and oxygen atoms in total. The van der Waals surface area contributed by atoms with E-state index in [0.717, 1.165) is 19.3 Å². The van der Waals surface area contributed by atoms with Crippen molar-refractivity contribution in [2.24, 2.45) is 0 Å². The van der Waals surface area contributed by atoms with E-state index in [1.165, 1.54) is 16.4 Å². The lowest BCUT2D eigenvalue weighted by Crippen LogP contribution is -2.41. The molecule has 138 valence electrons. The molecule has 0 saturated carbocycles. The number of hydrogen-bond acceptors (Lipinski definition) is 6. The van der Waals surface area contributed by atoms with Crippen molar-refractivity contribution in [1.82, 2.24) is 4.31 Å². The van der Waals surface area contributed by atoms with E-state index in [1.54, 1.807) is 6.07 Å². The molecule has 1 unspecified atom stereocenters. The number of piperidine rings is 1. The lowest BCUT2D eigenvalue weighted by Gasteiger charge is -2.32. The van der Waals surface area contributed by atoms with Crippen LogP contribution in [0.15, 0.2) is 23.1 Å². The Morgan fingerprint density at radius 1 is 1.20 bits per heavy atom. The second-order valence-electron chi connectivity index (χ2n) is 6.50. The normalized spacial score (nSPS) is 22.8. The van der Waals surface area contributed by atoms with Gasteiger partial charge in [0.1, 0.15) is 5.69 Å². The number of benzene rings is 1. The highest BCUT2D eigenvalue weighted by Crippen LogP contribution is 2.33. The summed E-state index contributed by atoms with van der Waals surface area (Å²) in [4.78, 5) is 12.9. The van der Waals surface area contributed by atoms with Gasteiger partial charge in [0.05, 0.1) is 22.5 Å². The van der Waals surface area contributed by atoms with Crippen LogP contribution in [0, 0.1) is 10.1 Å². The third-order valence-electron chi connectivity index (χ3n) is 4.68. The van der Waals surface area contributed by atoms with Gasteiger partial charge >= 0.3 is 0 Å². The zero-order chi connectivity index (χ0) is 18.0. The molecule has 3 rings (SSSR count). The average Bonchev–Trinajstić information content (AvgIpc) is 2.62. The van der Waals surface area contributed by atoms with E-state index in [2.05, 4.69) is 0 Å². The monoisotopic (exact) mass is 369 g/mol. The molecule has 2 aliphatic heterocycles. The Morgan fingerprint density at radius 2 is 1.92 bits per heavy atom. The second kappa shape index (κ2) is 7.27. The molecule has 1 aromatic carbocycles. The van der Waals surface area contributed by atoms with Gasteiger partial charge in [0.25, 0.3) is 5.69 Å². The van der Waals surface area contributed by atoms with Gasteiger partial charge in [0.15, 0.2) is 0 Å². The summed E-state index contributed by atoms with van der Waals surface area (Å²) in [6.07, 6.45) is 2.64. The van der Waals surface area contributed by atoms with Crippen LogP contribution in [-0.2, 0) is 14.8 Å². The molecule has 0 N–H and O–H groups in total. The predicted molar refractivity (Wildman–Crippen MR) is 93.3 cm³/mol. The number of hydrogen-bond donors (Lipinski definition) is 0. The van der Waals surface area contributed by atoms with E-state index in [-0.39, 0.29) is 16.7 Å². The van der Waals surface area contributed by atoms with Gasteiger partial charge in [-0.1, -0.05) is 6.42 Å². The maximum atomic E-state index is 12.8. The van der Waals surface area contributed by atoms with E-state index >= 15 is 0 Å². The SMILES string of the molecule is CC1CN(c2ccc(S(=O)(=O)N3CCCCC3)cc2[N+](=O)[O-])CCO1. The first-order valence-electron chi connectivity index (χ1n) is 8.55. The topological polar surface area (TPSA) is 93.0 Å². The summed E-state index contributed by atoms with van der Waals surface area (Å²) >= 11 is 0. The minimum atomic E-state index is -3.69. The van der Waals surface area contributed by atoms with Gasteiger partial charge in [-0.05, 0) is 31.9 Å². The predicted octanol–water partition coefficient (Wildman–Crippen LogP) is 1.99. The Kier molecular flexibility index (Phi) is 5.26. The highest BCUT2D eigenvalue weighted by Gasteiger charge is 2.30. The van der Waals surface area contributed by atoms with Gasteiger partial charge in [-0.3, -0.25) is 10.1 Å². The van der Waals surface area contributed by atoms with E-state index < -0.39 is 14.9 Å². The molecule has 1 atom stereocenters. The fourth-order valence-electron chi connectivity index (χ4n) is 3.37. The molecule has 2 fully saturated rings. The smallest absolute Gasteiger partial charge is 0.293 e. The van der Waals surface area contributed by atoms with Crippen molar-refractivity contribution < 1.29 is 18.1 Å². The first-order valence-corrected chi connectivity index (χ1v) is 9.99. The van der Waals surface area contributed by atoms with Crippen LogP contribution in [0.3, 0.4) is 0 Å². The second-order valence-corrected chi connectivity index (χ2v) is 8.44. The van der Waals surface area contributed by atoms with Gasteiger partial charge in [-0.2, -0.15) is 4.31 Å². The summed E-state index contributed by atoms with van der Waals surface area (Å²) in [7, 11) is -3.69. The first kappa shape index (κ1) is 18.1. The standard InChI is InChI=1S/C16H23N3O5S/c1-13-12-17(9-10-24-13)15-6-5-14(11-16(15)19(20)21)25(22,23)18-7-3-2-4-8-18/h5-6,11,13H,2-4,7-10,12H2,1H3. The molecule has 1 aromatic rings. The Bertz CT molecular complexity index is 746. The van der Waals surface area contributed by atoms with Gasteiger partial charge in [0, 0.05) is 32.2 Å². The zero-order valence-electron chi connectivity index (χ0n) is 14.3. The largest absolute Gasteiger partial charge is 0.375 e. The summed E-state index contributed by atoms with van der Waals surface area (Å²) in [6, 6.07) is 4.22. The third kappa shape index (κ3) is 3.78. The van der Waals surface area contributed by atoms with Crippen molar-refractivity contribution in [1.29, 1.82) is 0 Å². The molecular weight excluding hydrogens is 346 g/mol. The van der Waals surface area contributed by atoms with Crippen LogP contribution in [0.25, 0.3) is 0 Å². The highest BCUT2D eigenvalue weighted by atomic mass is 32.2. The van der Waals surface area contributed by atoms with Crippen LogP contribution < -0.4 is 4.90 Å². The van der Waals surface area contributed by atoms with Crippen molar-refractivity contribution in [3.05, 3.63) is 28.3 Å². The summed E-state index contributed by atoms with van der Waals surface area (Å²) in [6.45, 7) is 4.43. The zero-order valence-corrected chi connectivity index (χ0v) is 15.1. The number of nitro groups is 1. The maximum Gasteiger partial charge on any atom is 0.293 e. The Morgan fingerprint density at radius 3 is 2.56 bits per heavy atom. The fraction of sp³-hybridized carbons (Fsp3) is 0.625. The molecule has 0 radical (unpaired) electrons. The molecule has 0 aromatic heterocycles. The summed E-state index contributed by atoms with van der Waals surface area (Å²) < 4.78 is 32.4. The number of rotatable bonds is 4. The van der Waals surface area contributed by atoms with E-state index in [0.29, 0.717) is 38.5 Å². The van der Waals surface area contributed by atoms with Crippen LogP contribution in [0.4, 0.5) is 11.4 Å². The molecule has 0 spiro atoms. The van der Waals surface area contributed by atoms with E-state index in [9.17, 15) is 18.5 Å². The summed E-state index contributed by atoms with van der Waals surface area (Å²) in [5, 5.41) is 11.5. The van der Waals surface area contributed by atoms with Crippen LogP contribution in [0.5, 0.6) is 0 Å². The Hall–Kier alpha value is -1.71. The molecule has 0 amide bonds. The highest BCUT2D eigenvalue weighted by molar-refractivity contribution is 7.89. The van der Waals surface area contributed by atoms with Crippen LogP contribution in [-0.4, -0.2) is 56.5 Å². The van der Waals surface area contributed by atoms with E-state index in [4.69, 9.17) is 4.74 Å². The van der Waals surface area contributed by atoms with Gasteiger partial charge in [-0.25, -0.2) is 8.42 Å². The molecule has 25 heavy (non-hydrogen) atoms. The lowest BCUT2D eigenvalue weighted by atomic mass is 10.2. The molecule has 2 saturated heterocycles. The number of nitrogens with zero attached hydrogens (tertiary/aromatic N) is 3. The third-order valence-corrected chi connectivity index (χ3v) is 6.57.